The van der Waals surface area contributed by atoms with Crippen LogP contribution in [0.25, 0.3) is 0 Å². The number of ether oxygens (including phenoxy) is 3. The maximum atomic E-state index is 12.4. The van der Waals surface area contributed by atoms with Gasteiger partial charge in [-0.3, -0.25) is 14.9 Å². The van der Waals surface area contributed by atoms with Crippen LogP contribution >= 0.6 is 0 Å². The van der Waals surface area contributed by atoms with Gasteiger partial charge in [-0.1, -0.05) is 32.9 Å². The number of amides is 1. The molecule has 0 saturated heterocycles. The summed E-state index contributed by atoms with van der Waals surface area (Å²) in [4.78, 5) is 34.6. The summed E-state index contributed by atoms with van der Waals surface area (Å²) in [7, 11) is 1.41. The molecule has 0 aliphatic rings. The lowest BCUT2D eigenvalue weighted by Crippen LogP contribution is -2.24. The third-order valence-electron chi connectivity index (χ3n) is 5.20. The number of non-ortho nitro benzene ring substituents is 1. The first-order chi connectivity index (χ1) is 17.6. The first-order valence-corrected chi connectivity index (χ1v) is 11.3. The molecule has 0 aromatic heterocycles. The van der Waals surface area contributed by atoms with Gasteiger partial charge in [-0.05, 0) is 59.0 Å². The van der Waals surface area contributed by atoms with Crippen LogP contribution in [-0.4, -0.2) is 36.7 Å². The van der Waals surface area contributed by atoms with Crippen LogP contribution in [0.5, 0.6) is 17.2 Å². The predicted octanol–water partition coefficient (Wildman–Crippen LogP) is 4.65. The smallest absolute Gasteiger partial charge is 0.343 e. The molecule has 1 N–H and O–H groups in total. The van der Waals surface area contributed by atoms with Crippen LogP contribution < -0.4 is 19.6 Å². The molecule has 0 fully saturated rings. The summed E-state index contributed by atoms with van der Waals surface area (Å²) in [5.41, 5.74) is 4.17. The zero-order valence-electron chi connectivity index (χ0n) is 20.9. The lowest BCUT2D eigenvalue weighted by atomic mass is 9.87. The summed E-state index contributed by atoms with van der Waals surface area (Å²) >= 11 is 0. The Morgan fingerprint density at radius 3 is 2.27 bits per heavy atom. The number of rotatable bonds is 9. The zero-order chi connectivity index (χ0) is 27.0. The molecule has 0 heterocycles. The Kier molecular flexibility index (Phi) is 8.57. The van der Waals surface area contributed by atoms with Crippen LogP contribution in [0.15, 0.2) is 71.8 Å². The normalized spacial score (nSPS) is 11.1. The van der Waals surface area contributed by atoms with Crippen molar-refractivity contribution in [3.63, 3.8) is 0 Å². The molecule has 3 aromatic carbocycles. The first-order valence-electron chi connectivity index (χ1n) is 11.3. The van der Waals surface area contributed by atoms with Crippen LogP contribution in [0, 0.1) is 10.1 Å². The van der Waals surface area contributed by atoms with E-state index in [0.29, 0.717) is 11.3 Å². The molecule has 0 saturated carbocycles. The number of nitro benzene ring substituents is 1. The highest BCUT2D eigenvalue weighted by atomic mass is 16.6. The van der Waals surface area contributed by atoms with Gasteiger partial charge in [0.1, 0.15) is 5.75 Å². The minimum absolute atomic E-state index is 0.0281. The number of hydrogen-bond acceptors (Lipinski definition) is 8. The third-order valence-corrected chi connectivity index (χ3v) is 5.20. The number of carbonyl (C=O) groups is 2. The Bertz CT molecular complexity index is 1300. The number of nitrogens with one attached hydrogen (secondary N) is 1. The van der Waals surface area contributed by atoms with Gasteiger partial charge < -0.3 is 14.2 Å². The van der Waals surface area contributed by atoms with E-state index in [1.807, 2.05) is 24.3 Å². The molecule has 0 radical (unpaired) electrons. The van der Waals surface area contributed by atoms with E-state index in [0.717, 1.165) is 5.56 Å². The monoisotopic (exact) mass is 505 g/mol. The van der Waals surface area contributed by atoms with Crippen molar-refractivity contribution in [1.82, 2.24) is 5.43 Å². The molecule has 0 aliphatic heterocycles. The van der Waals surface area contributed by atoms with Crippen molar-refractivity contribution in [3.8, 4) is 17.2 Å². The molecule has 192 valence electrons. The van der Waals surface area contributed by atoms with E-state index in [9.17, 15) is 19.7 Å². The fourth-order valence-corrected chi connectivity index (χ4v) is 3.14. The summed E-state index contributed by atoms with van der Waals surface area (Å²) in [6.45, 7) is 6.15. The van der Waals surface area contributed by atoms with E-state index in [-0.39, 0.29) is 34.8 Å². The molecule has 0 aliphatic carbocycles. The lowest BCUT2D eigenvalue weighted by molar-refractivity contribution is -0.384. The zero-order valence-corrected chi connectivity index (χ0v) is 20.9. The summed E-state index contributed by atoms with van der Waals surface area (Å²) in [6, 6.07) is 17.3. The van der Waals surface area contributed by atoms with Gasteiger partial charge in [-0.15, -0.1) is 0 Å². The van der Waals surface area contributed by atoms with Gasteiger partial charge in [0.15, 0.2) is 18.1 Å². The SMILES string of the molecule is COc1cc(/C=N\NC(=O)COc2ccc(C(C)(C)C)cc2)ccc1OC(=O)c1ccc([N+](=O)[O-])cc1. The number of nitro groups is 1. The Hall–Kier alpha value is -4.73. The Morgan fingerprint density at radius 1 is 1.00 bits per heavy atom. The molecule has 0 unspecified atom stereocenters. The molecule has 0 atom stereocenters. The summed E-state index contributed by atoms with van der Waals surface area (Å²) in [5, 5.41) is 14.7. The number of methoxy groups -OCH3 is 1. The lowest BCUT2D eigenvalue weighted by Gasteiger charge is -2.19. The van der Waals surface area contributed by atoms with Crippen molar-refractivity contribution in [2.75, 3.05) is 13.7 Å². The molecule has 10 heteroatoms. The molecule has 37 heavy (non-hydrogen) atoms. The van der Waals surface area contributed by atoms with Gasteiger partial charge in [0.2, 0.25) is 0 Å². The van der Waals surface area contributed by atoms with Crippen LogP contribution in [0.1, 0.15) is 42.3 Å². The minimum Gasteiger partial charge on any atom is -0.493 e. The van der Waals surface area contributed by atoms with Crippen LogP contribution in [-0.2, 0) is 10.2 Å². The summed E-state index contributed by atoms with van der Waals surface area (Å²) < 4.78 is 16.1. The number of hydrazone groups is 1. The number of hydrogen-bond donors (Lipinski definition) is 1. The van der Waals surface area contributed by atoms with E-state index in [1.54, 1.807) is 12.1 Å². The van der Waals surface area contributed by atoms with Gasteiger partial charge in [0.25, 0.3) is 11.6 Å². The highest BCUT2D eigenvalue weighted by Gasteiger charge is 2.15. The highest BCUT2D eigenvalue weighted by molar-refractivity contribution is 5.92. The predicted molar refractivity (Wildman–Crippen MR) is 137 cm³/mol. The van der Waals surface area contributed by atoms with Crippen molar-refractivity contribution >= 4 is 23.8 Å². The maximum Gasteiger partial charge on any atom is 0.343 e. The quantitative estimate of drug-likeness (QED) is 0.147. The van der Waals surface area contributed by atoms with Crippen molar-refractivity contribution in [3.05, 3.63) is 93.5 Å². The molecule has 0 bridgehead atoms. The topological polar surface area (TPSA) is 129 Å². The number of esters is 1. The first kappa shape index (κ1) is 26.9. The highest BCUT2D eigenvalue weighted by Crippen LogP contribution is 2.29. The van der Waals surface area contributed by atoms with Gasteiger partial charge >= 0.3 is 5.97 Å². The second kappa shape index (κ2) is 11.8. The Labute approximate surface area is 214 Å². The number of nitrogens with zero attached hydrogens (tertiary/aromatic N) is 2. The number of benzene rings is 3. The van der Waals surface area contributed by atoms with Crippen LogP contribution in [0.4, 0.5) is 5.69 Å². The van der Waals surface area contributed by atoms with E-state index >= 15 is 0 Å². The molecule has 1 amide bonds. The summed E-state index contributed by atoms with van der Waals surface area (Å²) in [5.74, 6) is -0.145. The maximum absolute atomic E-state index is 12.4. The molecular formula is C27H27N3O7. The van der Waals surface area contributed by atoms with E-state index in [2.05, 4.69) is 31.3 Å². The second-order valence-electron chi connectivity index (χ2n) is 8.96. The van der Waals surface area contributed by atoms with Crippen LogP contribution in [0.3, 0.4) is 0 Å². The third kappa shape index (κ3) is 7.63. The van der Waals surface area contributed by atoms with E-state index < -0.39 is 16.8 Å². The van der Waals surface area contributed by atoms with E-state index in [1.165, 1.54) is 43.7 Å². The second-order valence-corrected chi connectivity index (χ2v) is 8.96. The van der Waals surface area contributed by atoms with Crippen molar-refractivity contribution in [2.45, 2.75) is 26.2 Å². The van der Waals surface area contributed by atoms with Gasteiger partial charge in [-0.25, -0.2) is 10.2 Å². The standard InChI is InChI=1S/C27H27N3O7/c1-27(2,3)20-8-12-22(13-9-20)36-17-25(31)29-28-16-18-5-14-23(24(15-18)35-4)37-26(32)19-6-10-21(11-7-19)30(33)34/h5-16H,17H2,1-4H3,(H,29,31)/b28-16-. The van der Waals surface area contributed by atoms with Crippen molar-refractivity contribution in [1.29, 1.82) is 0 Å². The Morgan fingerprint density at radius 2 is 1.68 bits per heavy atom. The number of carbonyl (C=O) groups excluding carboxylic acids is 2. The summed E-state index contributed by atoms with van der Waals surface area (Å²) in [6.07, 6.45) is 1.40. The fraction of sp³-hybridized carbons (Fsp3) is 0.222. The minimum atomic E-state index is -0.699. The average molecular weight is 506 g/mol. The van der Waals surface area contributed by atoms with Crippen molar-refractivity contribution in [2.24, 2.45) is 5.10 Å². The fourth-order valence-electron chi connectivity index (χ4n) is 3.14. The Balaban J connectivity index is 1.54. The largest absolute Gasteiger partial charge is 0.493 e. The molecule has 3 rings (SSSR count). The average Bonchev–Trinajstić information content (AvgIpc) is 2.88. The van der Waals surface area contributed by atoms with Gasteiger partial charge in [0, 0.05) is 12.1 Å². The van der Waals surface area contributed by atoms with Gasteiger partial charge in [0.05, 0.1) is 23.8 Å². The van der Waals surface area contributed by atoms with Crippen molar-refractivity contribution < 1.29 is 28.7 Å². The van der Waals surface area contributed by atoms with E-state index in [4.69, 9.17) is 14.2 Å². The molecule has 0 spiro atoms. The molecule has 3 aromatic rings. The van der Waals surface area contributed by atoms with Crippen LogP contribution in [0.2, 0.25) is 0 Å². The molecule has 10 nitrogen and oxygen atoms in total. The van der Waals surface area contributed by atoms with Gasteiger partial charge in [-0.2, -0.15) is 5.10 Å². The molecular weight excluding hydrogens is 478 g/mol.